The standard InChI is InChI=1S/C18H25N5O3S/c1-14-5-4-7-20-17(14)18(24)22-9-6-16(13-22)23(27(3,25)26)12-11-21-10-8-19-15(21)2/h4-5,7-8,10,16H,6,9,11-13H2,1-3H3. The van der Waals surface area contributed by atoms with Gasteiger partial charge in [-0.3, -0.25) is 9.78 Å². The number of amides is 1. The zero-order chi connectivity index (χ0) is 19.6. The highest BCUT2D eigenvalue weighted by molar-refractivity contribution is 7.88. The van der Waals surface area contributed by atoms with Crippen molar-refractivity contribution in [3.05, 3.63) is 47.8 Å². The largest absolute Gasteiger partial charge is 0.336 e. The Balaban J connectivity index is 1.71. The van der Waals surface area contributed by atoms with Gasteiger partial charge in [0.1, 0.15) is 11.5 Å². The second-order valence-electron chi connectivity index (χ2n) is 6.90. The summed E-state index contributed by atoms with van der Waals surface area (Å²) < 4.78 is 28.1. The third-order valence-corrected chi connectivity index (χ3v) is 6.31. The molecule has 0 N–H and O–H groups in total. The average molecular weight is 391 g/mol. The Kier molecular flexibility index (Phi) is 5.61. The summed E-state index contributed by atoms with van der Waals surface area (Å²) in [6.45, 7) is 5.52. The summed E-state index contributed by atoms with van der Waals surface area (Å²) in [5.74, 6) is 0.701. The minimum Gasteiger partial charge on any atom is -0.336 e. The van der Waals surface area contributed by atoms with Gasteiger partial charge in [-0.1, -0.05) is 6.07 Å². The molecule has 1 atom stereocenters. The highest BCUT2D eigenvalue weighted by Gasteiger charge is 2.35. The maximum Gasteiger partial charge on any atom is 0.272 e. The van der Waals surface area contributed by atoms with Crippen LogP contribution in [-0.4, -0.2) is 70.0 Å². The van der Waals surface area contributed by atoms with Gasteiger partial charge in [0.2, 0.25) is 10.0 Å². The fraction of sp³-hybridized carbons (Fsp3) is 0.500. The molecule has 0 radical (unpaired) electrons. The summed E-state index contributed by atoms with van der Waals surface area (Å²) in [5.41, 5.74) is 1.25. The number of aryl methyl sites for hydroxylation is 2. The van der Waals surface area contributed by atoms with Gasteiger partial charge in [-0.25, -0.2) is 13.4 Å². The van der Waals surface area contributed by atoms with Crippen LogP contribution >= 0.6 is 0 Å². The van der Waals surface area contributed by atoms with Gasteiger partial charge in [-0.2, -0.15) is 4.31 Å². The molecule has 0 spiro atoms. The second kappa shape index (κ2) is 7.77. The van der Waals surface area contributed by atoms with Gasteiger partial charge in [-0.05, 0) is 31.9 Å². The topological polar surface area (TPSA) is 88.4 Å². The maximum atomic E-state index is 12.8. The quantitative estimate of drug-likeness (QED) is 0.735. The van der Waals surface area contributed by atoms with Gasteiger partial charge >= 0.3 is 0 Å². The van der Waals surface area contributed by atoms with E-state index in [2.05, 4.69) is 9.97 Å². The Bertz CT molecular complexity index is 925. The molecule has 0 bridgehead atoms. The van der Waals surface area contributed by atoms with E-state index in [1.807, 2.05) is 30.7 Å². The van der Waals surface area contributed by atoms with Crippen LogP contribution in [0.5, 0.6) is 0 Å². The minimum absolute atomic E-state index is 0.144. The SMILES string of the molecule is Cc1cccnc1C(=O)N1CCC(N(CCn2ccnc2C)S(C)(=O)=O)C1. The summed E-state index contributed by atoms with van der Waals surface area (Å²) in [5, 5.41) is 0. The third-order valence-electron chi connectivity index (χ3n) is 4.98. The Morgan fingerprint density at radius 3 is 2.70 bits per heavy atom. The molecule has 1 aliphatic heterocycles. The van der Waals surface area contributed by atoms with E-state index in [1.165, 1.54) is 10.6 Å². The van der Waals surface area contributed by atoms with Crippen molar-refractivity contribution in [2.45, 2.75) is 32.9 Å². The summed E-state index contributed by atoms with van der Waals surface area (Å²) in [4.78, 5) is 22.8. The monoisotopic (exact) mass is 391 g/mol. The highest BCUT2D eigenvalue weighted by atomic mass is 32.2. The highest BCUT2D eigenvalue weighted by Crippen LogP contribution is 2.21. The molecule has 0 aromatic carbocycles. The number of imidazole rings is 1. The number of aromatic nitrogens is 3. The zero-order valence-electron chi connectivity index (χ0n) is 15.9. The molecule has 1 fully saturated rings. The Morgan fingerprint density at radius 1 is 1.30 bits per heavy atom. The Hall–Kier alpha value is -2.26. The lowest BCUT2D eigenvalue weighted by Crippen LogP contribution is -2.43. The molecule has 1 aliphatic rings. The molecule has 2 aromatic rings. The maximum absolute atomic E-state index is 12.8. The van der Waals surface area contributed by atoms with Crippen LogP contribution in [0.25, 0.3) is 0 Å². The van der Waals surface area contributed by atoms with Crippen LogP contribution < -0.4 is 0 Å². The molecule has 9 heteroatoms. The number of carbonyl (C=O) groups excluding carboxylic acids is 1. The van der Waals surface area contributed by atoms with E-state index in [1.54, 1.807) is 23.4 Å². The second-order valence-corrected chi connectivity index (χ2v) is 8.84. The molecule has 146 valence electrons. The van der Waals surface area contributed by atoms with Crippen molar-refractivity contribution in [1.29, 1.82) is 0 Å². The summed E-state index contributed by atoms with van der Waals surface area (Å²) >= 11 is 0. The van der Waals surface area contributed by atoms with Crippen LogP contribution in [0, 0.1) is 13.8 Å². The lowest BCUT2D eigenvalue weighted by Gasteiger charge is -2.27. The zero-order valence-corrected chi connectivity index (χ0v) is 16.7. The van der Waals surface area contributed by atoms with Crippen molar-refractivity contribution in [1.82, 2.24) is 23.7 Å². The predicted molar refractivity (Wildman–Crippen MR) is 102 cm³/mol. The first-order valence-corrected chi connectivity index (χ1v) is 10.8. The van der Waals surface area contributed by atoms with Gasteiger partial charge in [-0.15, -0.1) is 0 Å². The van der Waals surface area contributed by atoms with E-state index >= 15 is 0 Å². The van der Waals surface area contributed by atoms with Gasteiger partial charge < -0.3 is 9.47 Å². The van der Waals surface area contributed by atoms with Crippen LogP contribution in [0.15, 0.2) is 30.7 Å². The first-order chi connectivity index (χ1) is 12.8. The minimum atomic E-state index is -3.39. The first-order valence-electron chi connectivity index (χ1n) is 8.93. The van der Waals surface area contributed by atoms with Crippen molar-refractivity contribution in [2.75, 3.05) is 25.9 Å². The van der Waals surface area contributed by atoms with Crippen molar-refractivity contribution < 1.29 is 13.2 Å². The Labute approximate surface area is 159 Å². The van der Waals surface area contributed by atoms with Gasteiger partial charge in [0.05, 0.1) is 6.26 Å². The van der Waals surface area contributed by atoms with E-state index in [0.29, 0.717) is 38.3 Å². The average Bonchev–Trinajstić information content (AvgIpc) is 3.23. The molecule has 2 aromatic heterocycles. The van der Waals surface area contributed by atoms with Gasteiger partial charge in [0.25, 0.3) is 5.91 Å². The predicted octanol–water partition coefficient (Wildman–Crippen LogP) is 1.07. The number of hydrogen-bond donors (Lipinski definition) is 0. The number of pyridine rings is 1. The third kappa shape index (κ3) is 4.36. The summed E-state index contributed by atoms with van der Waals surface area (Å²) in [6, 6.07) is 3.42. The van der Waals surface area contributed by atoms with Crippen molar-refractivity contribution in [3.8, 4) is 0 Å². The molecule has 3 heterocycles. The Morgan fingerprint density at radius 2 is 2.07 bits per heavy atom. The van der Waals surface area contributed by atoms with Crippen LogP contribution in [0.4, 0.5) is 0 Å². The van der Waals surface area contributed by atoms with E-state index < -0.39 is 10.0 Å². The molecule has 0 saturated carbocycles. The van der Waals surface area contributed by atoms with Gasteiger partial charge in [0, 0.05) is 50.8 Å². The summed E-state index contributed by atoms with van der Waals surface area (Å²) in [6.07, 6.45) is 6.98. The molecular formula is C18H25N5O3S. The van der Waals surface area contributed by atoms with E-state index in [9.17, 15) is 13.2 Å². The van der Waals surface area contributed by atoms with E-state index in [4.69, 9.17) is 0 Å². The van der Waals surface area contributed by atoms with Crippen molar-refractivity contribution in [2.24, 2.45) is 0 Å². The molecule has 1 unspecified atom stereocenters. The number of sulfonamides is 1. The van der Waals surface area contributed by atoms with Gasteiger partial charge in [0.15, 0.2) is 0 Å². The normalized spacial score (nSPS) is 17.6. The van der Waals surface area contributed by atoms with Crippen LogP contribution in [0.3, 0.4) is 0 Å². The van der Waals surface area contributed by atoms with Crippen LogP contribution in [0.2, 0.25) is 0 Å². The first kappa shape index (κ1) is 19.5. The fourth-order valence-electron chi connectivity index (χ4n) is 3.49. The molecule has 27 heavy (non-hydrogen) atoms. The molecular weight excluding hydrogens is 366 g/mol. The number of likely N-dealkylation sites (tertiary alicyclic amines) is 1. The number of carbonyl (C=O) groups is 1. The molecule has 8 nitrogen and oxygen atoms in total. The van der Waals surface area contributed by atoms with Crippen molar-refractivity contribution >= 4 is 15.9 Å². The lowest BCUT2D eigenvalue weighted by molar-refractivity contribution is 0.0778. The smallest absolute Gasteiger partial charge is 0.272 e. The lowest BCUT2D eigenvalue weighted by atomic mass is 10.2. The van der Waals surface area contributed by atoms with Crippen molar-refractivity contribution in [3.63, 3.8) is 0 Å². The summed E-state index contributed by atoms with van der Waals surface area (Å²) in [7, 11) is -3.39. The molecule has 1 saturated heterocycles. The molecule has 3 rings (SSSR count). The number of rotatable bonds is 6. The fourth-order valence-corrected chi connectivity index (χ4v) is 4.61. The number of nitrogens with zero attached hydrogens (tertiary/aromatic N) is 5. The van der Waals surface area contributed by atoms with Crippen LogP contribution in [0.1, 0.15) is 28.3 Å². The number of hydrogen-bond acceptors (Lipinski definition) is 5. The van der Waals surface area contributed by atoms with E-state index in [-0.39, 0.29) is 11.9 Å². The van der Waals surface area contributed by atoms with Crippen LogP contribution in [-0.2, 0) is 16.6 Å². The van der Waals surface area contributed by atoms with E-state index in [0.717, 1.165) is 11.4 Å². The molecule has 1 amide bonds. The molecule has 0 aliphatic carbocycles.